The molecule has 0 amide bonds. The van der Waals surface area contributed by atoms with Crippen LogP contribution in [0.4, 0.5) is 8.78 Å². The van der Waals surface area contributed by atoms with E-state index < -0.39 is 26.6 Å². The van der Waals surface area contributed by atoms with Gasteiger partial charge < -0.3 is 9.47 Å². The van der Waals surface area contributed by atoms with Crippen LogP contribution in [0.25, 0.3) is 0 Å². The van der Waals surface area contributed by atoms with Gasteiger partial charge in [0, 0.05) is 6.54 Å². The Labute approximate surface area is 155 Å². The van der Waals surface area contributed by atoms with E-state index in [1.807, 2.05) is 11.5 Å². The summed E-state index contributed by atoms with van der Waals surface area (Å²) < 4.78 is 58.2. The summed E-state index contributed by atoms with van der Waals surface area (Å²) in [5.74, 6) is -2.15. The Balaban J connectivity index is 1.70. The number of aromatic nitrogens is 3. The molecule has 1 aromatic heterocycles. The number of hydrogen-bond acceptors (Lipinski definition) is 4. The van der Waals surface area contributed by atoms with E-state index in [0.29, 0.717) is 24.5 Å². The van der Waals surface area contributed by atoms with Crippen molar-refractivity contribution in [2.24, 2.45) is 0 Å². The SMILES string of the molecule is CCn1cnn(C[NH+]2CCN(S(=O)(=O)c3c(F)cccc3F)CC2)c1=S. The summed E-state index contributed by atoms with van der Waals surface area (Å²) in [5, 5.41) is 4.24. The van der Waals surface area contributed by atoms with Crippen molar-refractivity contribution < 1.29 is 22.1 Å². The summed E-state index contributed by atoms with van der Waals surface area (Å²) in [5.41, 5.74) is 0. The summed E-state index contributed by atoms with van der Waals surface area (Å²) >= 11 is 5.33. The topological polar surface area (TPSA) is 64.6 Å². The molecule has 0 bridgehead atoms. The van der Waals surface area contributed by atoms with Crippen LogP contribution in [0, 0.1) is 16.4 Å². The summed E-state index contributed by atoms with van der Waals surface area (Å²) in [4.78, 5) is 0.218. The van der Waals surface area contributed by atoms with E-state index in [1.165, 1.54) is 0 Å². The van der Waals surface area contributed by atoms with Crippen LogP contribution in [0.2, 0.25) is 0 Å². The minimum Gasteiger partial charge on any atom is -0.314 e. The molecule has 0 unspecified atom stereocenters. The zero-order valence-electron chi connectivity index (χ0n) is 14.2. The largest absolute Gasteiger partial charge is 0.314 e. The van der Waals surface area contributed by atoms with Crippen LogP contribution in [0.3, 0.4) is 0 Å². The Morgan fingerprint density at radius 2 is 1.85 bits per heavy atom. The molecule has 0 spiro atoms. The highest BCUT2D eigenvalue weighted by atomic mass is 32.2. The number of sulfonamides is 1. The molecule has 1 fully saturated rings. The second kappa shape index (κ2) is 7.51. The molecular formula is C15H20F2N5O2S2+. The third kappa shape index (κ3) is 3.56. The average Bonchev–Trinajstić information content (AvgIpc) is 2.95. The first-order chi connectivity index (χ1) is 12.3. The lowest BCUT2D eigenvalue weighted by Gasteiger charge is -2.31. The molecule has 0 aliphatic carbocycles. The van der Waals surface area contributed by atoms with Crippen LogP contribution >= 0.6 is 12.2 Å². The summed E-state index contributed by atoms with van der Waals surface area (Å²) in [6.45, 7) is 4.56. The zero-order valence-corrected chi connectivity index (χ0v) is 15.9. The second-order valence-corrected chi connectivity index (χ2v) is 8.30. The molecule has 7 nitrogen and oxygen atoms in total. The molecule has 2 heterocycles. The minimum atomic E-state index is -4.20. The summed E-state index contributed by atoms with van der Waals surface area (Å²) in [7, 11) is -4.20. The maximum Gasteiger partial charge on any atom is 0.249 e. The highest BCUT2D eigenvalue weighted by Gasteiger charge is 2.34. The Bertz CT molecular complexity index is 929. The van der Waals surface area contributed by atoms with E-state index in [9.17, 15) is 17.2 Å². The van der Waals surface area contributed by atoms with Crippen LogP contribution in [-0.4, -0.2) is 53.2 Å². The van der Waals surface area contributed by atoms with Gasteiger partial charge in [0.05, 0.1) is 26.2 Å². The first-order valence-electron chi connectivity index (χ1n) is 8.24. The van der Waals surface area contributed by atoms with Crippen molar-refractivity contribution in [3.05, 3.63) is 40.9 Å². The molecule has 1 aliphatic heterocycles. The van der Waals surface area contributed by atoms with Gasteiger partial charge in [0.25, 0.3) is 0 Å². The van der Waals surface area contributed by atoms with E-state index in [1.54, 1.807) is 11.0 Å². The Morgan fingerprint density at radius 1 is 1.23 bits per heavy atom. The van der Waals surface area contributed by atoms with Crippen LogP contribution in [0.15, 0.2) is 29.4 Å². The lowest BCUT2D eigenvalue weighted by molar-refractivity contribution is -0.926. The van der Waals surface area contributed by atoms with Crippen molar-refractivity contribution in [1.82, 2.24) is 18.7 Å². The molecule has 0 atom stereocenters. The third-order valence-corrected chi connectivity index (χ3v) is 6.85. The molecule has 1 N–H and O–H groups in total. The molecule has 142 valence electrons. The predicted octanol–water partition coefficient (Wildman–Crippen LogP) is 0.259. The number of nitrogens with one attached hydrogen (secondary N) is 1. The van der Waals surface area contributed by atoms with Gasteiger partial charge in [0.1, 0.15) is 18.0 Å². The number of quaternary nitrogens is 1. The predicted molar refractivity (Wildman–Crippen MR) is 92.5 cm³/mol. The van der Waals surface area contributed by atoms with Gasteiger partial charge in [-0.05, 0) is 31.3 Å². The molecule has 11 heteroatoms. The van der Waals surface area contributed by atoms with Gasteiger partial charge in [0.15, 0.2) is 11.6 Å². The highest BCUT2D eigenvalue weighted by Crippen LogP contribution is 2.22. The first kappa shape index (κ1) is 19.1. The van der Waals surface area contributed by atoms with Crippen molar-refractivity contribution in [3.63, 3.8) is 0 Å². The minimum absolute atomic E-state index is 0.174. The van der Waals surface area contributed by atoms with Crippen LogP contribution in [0.5, 0.6) is 0 Å². The number of benzene rings is 1. The number of halogens is 2. The van der Waals surface area contributed by atoms with Crippen molar-refractivity contribution in [2.75, 3.05) is 26.2 Å². The van der Waals surface area contributed by atoms with Gasteiger partial charge in [-0.1, -0.05) is 6.07 Å². The van der Waals surface area contributed by atoms with E-state index in [2.05, 4.69) is 5.10 Å². The zero-order chi connectivity index (χ0) is 18.9. The maximum atomic E-state index is 13.9. The number of rotatable bonds is 5. The maximum absolute atomic E-state index is 13.9. The van der Waals surface area contributed by atoms with Gasteiger partial charge in [-0.3, -0.25) is 0 Å². The molecule has 3 rings (SSSR count). The van der Waals surface area contributed by atoms with E-state index in [4.69, 9.17) is 12.2 Å². The van der Waals surface area contributed by atoms with Crippen molar-refractivity contribution in [3.8, 4) is 0 Å². The van der Waals surface area contributed by atoms with Crippen molar-refractivity contribution in [1.29, 1.82) is 0 Å². The van der Waals surface area contributed by atoms with Crippen LogP contribution in [0.1, 0.15) is 6.92 Å². The first-order valence-corrected chi connectivity index (χ1v) is 10.1. The smallest absolute Gasteiger partial charge is 0.249 e. The average molecular weight is 404 g/mol. The molecule has 2 aromatic rings. The molecule has 1 aliphatic rings. The lowest BCUT2D eigenvalue weighted by Crippen LogP contribution is -3.14. The van der Waals surface area contributed by atoms with E-state index >= 15 is 0 Å². The Hall–Kier alpha value is -1.69. The van der Waals surface area contributed by atoms with Crippen molar-refractivity contribution in [2.45, 2.75) is 25.0 Å². The Kier molecular flexibility index (Phi) is 5.51. The fourth-order valence-corrected chi connectivity index (χ4v) is 4.81. The van der Waals surface area contributed by atoms with Crippen molar-refractivity contribution >= 4 is 22.2 Å². The molecule has 1 saturated heterocycles. The second-order valence-electron chi connectivity index (χ2n) is 6.06. The number of nitrogens with zero attached hydrogens (tertiary/aromatic N) is 4. The molecule has 1 aromatic carbocycles. The molecule has 0 radical (unpaired) electrons. The monoisotopic (exact) mass is 404 g/mol. The number of aryl methyl sites for hydroxylation is 1. The van der Waals surface area contributed by atoms with Gasteiger partial charge >= 0.3 is 0 Å². The van der Waals surface area contributed by atoms with Gasteiger partial charge in [0.2, 0.25) is 14.8 Å². The Morgan fingerprint density at radius 3 is 2.38 bits per heavy atom. The fourth-order valence-electron chi connectivity index (χ4n) is 2.97. The van der Waals surface area contributed by atoms with Gasteiger partial charge in [-0.15, -0.1) is 0 Å². The molecule has 0 saturated carbocycles. The van der Waals surface area contributed by atoms with Crippen LogP contribution < -0.4 is 4.90 Å². The molecular weight excluding hydrogens is 384 g/mol. The highest BCUT2D eigenvalue weighted by molar-refractivity contribution is 7.89. The summed E-state index contributed by atoms with van der Waals surface area (Å²) in [6.07, 6.45) is 1.67. The quantitative estimate of drug-likeness (QED) is 0.727. The number of piperazine rings is 1. The third-order valence-electron chi connectivity index (χ3n) is 4.46. The fraction of sp³-hybridized carbons (Fsp3) is 0.467. The number of hydrogen-bond donors (Lipinski definition) is 1. The summed E-state index contributed by atoms with van der Waals surface area (Å²) in [6, 6.07) is 3.04. The normalized spacial score (nSPS) is 16.9. The van der Waals surface area contributed by atoms with E-state index in [-0.39, 0.29) is 13.1 Å². The van der Waals surface area contributed by atoms with Gasteiger partial charge in [-0.25, -0.2) is 17.2 Å². The standard InChI is InChI=1S/C15H19F2N5O2S2/c1-2-20-10-18-22(15(20)25)11-19-6-8-21(9-7-19)26(23,24)14-12(16)4-3-5-13(14)17/h3-5,10H,2,6-9,11H2,1H3/p+1. The molecule has 26 heavy (non-hydrogen) atoms. The van der Waals surface area contributed by atoms with Crippen LogP contribution in [-0.2, 0) is 23.2 Å². The van der Waals surface area contributed by atoms with Gasteiger partial charge in [-0.2, -0.15) is 14.1 Å². The van der Waals surface area contributed by atoms with E-state index in [0.717, 1.165) is 33.9 Å². The lowest BCUT2D eigenvalue weighted by atomic mass is 10.3.